The average Bonchev–Trinajstić information content (AvgIpc) is 2.84. The number of ketones is 1. The third-order valence-corrected chi connectivity index (χ3v) is 5.64. The first kappa shape index (κ1) is 15.0. The number of fused-ring (bicyclic) bond motifs is 3. The summed E-state index contributed by atoms with van der Waals surface area (Å²) in [5.74, 6) is -1.33. The van der Waals surface area contributed by atoms with Crippen molar-refractivity contribution in [3.8, 4) is 0 Å². The highest BCUT2D eigenvalue weighted by Gasteiger charge is 2.69. The van der Waals surface area contributed by atoms with E-state index in [-0.39, 0.29) is 17.6 Å². The lowest BCUT2D eigenvalue weighted by Crippen LogP contribution is -2.58. The number of esters is 2. The second kappa shape index (κ2) is 4.54. The van der Waals surface area contributed by atoms with Crippen molar-refractivity contribution in [3.63, 3.8) is 0 Å². The van der Waals surface area contributed by atoms with Crippen molar-refractivity contribution in [3.05, 3.63) is 24.3 Å². The van der Waals surface area contributed by atoms with E-state index < -0.39 is 29.1 Å². The summed E-state index contributed by atoms with van der Waals surface area (Å²) in [4.78, 5) is 36.3. The molecule has 22 heavy (non-hydrogen) atoms. The van der Waals surface area contributed by atoms with Crippen molar-refractivity contribution in [2.75, 3.05) is 0 Å². The highest BCUT2D eigenvalue weighted by molar-refractivity contribution is 6.01. The zero-order chi connectivity index (χ0) is 16.3. The maximum absolute atomic E-state index is 12.7. The molecule has 0 unspecified atom stereocenters. The largest absolute Gasteiger partial charge is 0.457 e. The molecule has 1 saturated carbocycles. The minimum atomic E-state index is -1.10. The maximum atomic E-state index is 12.7. The summed E-state index contributed by atoms with van der Waals surface area (Å²) >= 11 is 0. The zero-order valence-corrected chi connectivity index (χ0v) is 13.0. The van der Waals surface area contributed by atoms with E-state index in [1.807, 2.05) is 6.92 Å². The Bertz CT molecular complexity index is 619. The van der Waals surface area contributed by atoms with E-state index in [0.29, 0.717) is 12.0 Å². The van der Waals surface area contributed by atoms with Crippen LogP contribution in [0.4, 0.5) is 0 Å². The van der Waals surface area contributed by atoms with Gasteiger partial charge in [-0.1, -0.05) is 13.5 Å². The molecule has 2 aliphatic carbocycles. The molecule has 1 saturated heterocycles. The van der Waals surface area contributed by atoms with Gasteiger partial charge >= 0.3 is 11.9 Å². The molecular formula is C17H20O5. The minimum absolute atomic E-state index is 0.0544. The number of rotatable bonds is 1. The van der Waals surface area contributed by atoms with Crippen LogP contribution in [0.15, 0.2) is 24.3 Å². The molecule has 0 aromatic heterocycles. The van der Waals surface area contributed by atoms with Crippen molar-refractivity contribution in [2.45, 2.75) is 45.3 Å². The van der Waals surface area contributed by atoms with Crippen molar-refractivity contribution in [1.29, 1.82) is 0 Å². The van der Waals surface area contributed by atoms with Crippen molar-refractivity contribution < 1.29 is 23.9 Å². The first-order chi connectivity index (χ1) is 10.2. The average molecular weight is 304 g/mol. The summed E-state index contributed by atoms with van der Waals surface area (Å²) in [6, 6.07) is 0. The fraction of sp³-hybridized carbons (Fsp3) is 0.588. The molecule has 0 bridgehead atoms. The fourth-order valence-corrected chi connectivity index (χ4v) is 4.35. The third kappa shape index (κ3) is 1.62. The molecule has 2 fully saturated rings. The number of allylic oxidation sites excluding steroid dienone is 1. The standard InChI is InChI=1S/C17H20O5/c1-9-5-6-12-10(2)15(20)21-14(12)16(4)13(19)7-8-17(9,16)22-11(3)18/h7-9,12,14H,2,5-6H2,1,3-4H3/t9-,12-,14+,16-,17+/m0/s1. The van der Waals surface area contributed by atoms with Gasteiger partial charge in [0.2, 0.25) is 0 Å². The van der Waals surface area contributed by atoms with E-state index in [2.05, 4.69) is 6.58 Å². The van der Waals surface area contributed by atoms with Gasteiger partial charge in [-0.2, -0.15) is 0 Å². The summed E-state index contributed by atoms with van der Waals surface area (Å²) in [7, 11) is 0. The molecule has 3 aliphatic rings. The van der Waals surface area contributed by atoms with Gasteiger partial charge in [-0.3, -0.25) is 9.59 Å². The Morgan fingerprint density at radius 2 is 2.09 bits per heavy atom. The van der Waals surface area contributed by atoms with Gasteiger partial charge < -0.3 is 9.47 Å². The summed E-state index contributed by atoms with van der Waals surface area (Å²) in [6.45, 7) is 8.87. The molecule has 5 heteroatoms. The van der Waals surface area contributed by atoms with Gasteiger partial charge in [-0.15, -0.1) is 0 Å². The third-order valence-electron chi connectivity index (χ3n) is 5.64. The first-order valence-electron chi connectivity index (χ1n) is 7.57. The number of hydrogen-bond acceptors (Lipinski definition) is 5. The molecular weight excluding hydrogens is 284 g/mol. The Hall–Kier alpha value is -1.91. The molecule has 0 spiro atoms. The Balaban J connectivity index is 2.17. The highest BCUT2D eigenvalue weighted by atomic mass is 16.6. The predicted molar refractivity (Wildman–Crippen MR) is 77.7 cm³/mol. The van der Waals surface area contributed by atoms with Gasteiger partial charge in [-0.25, -0.2) is 4.79 Å². The van der Waals surface area contributed by atoms with Gasteiger partial charge in [0.05, 0.1) is 0 Å². The monoisotopic (exact) mass is 304 g/mol. The Morgan fingerprint density at radius 1 is 1.41 bits per heavy atom. The van der Waals surface area contributed by atoms with Crippen LogP contribution in [0.3, 0.4) is 0 Å². The maximum Gasteiger partial charge on any atom is 0.334 e. The molecule has 1 heterocycles. The van der Waals surface area contributed by atoms with Crippen LogP contribution in [0, 0.1) is 17.3 Å². The minimum Gasteiger partial charge on any atom is -0.457 e. The van der Waals surface area contributed by atoms with E-state index >= 15 is 0 Å². The summed E-state index contributed by atoms with van der Waals surface area (Å²) in [5.41, 5.74) is -1.76. The quantitative estimate of drug-likeness (QED) is 0.547. The lowest BCUT2D eigenvalue weighted by Gasteiger charge is -2.46. The Labute approximate surface area is 129 Å². The highest BCUT2D eigenvalue weighted by Crippen LogP contribution is 2.58. The molecule has 3 rings (SSSR count). The lowest BCUT2D eigenvalue weighted by molar-refractivity contribution is -0.186. The topological polar surface area (TPSA) is 69.7 Å². The van der Waals surface area contributed by atoms with E-state index in [0.717, 1.165) is 6.42 Å². The Kier molecular flexibility index (Phi) is 3.10. The predicted octanol–water partition coefficient (Wildman–Crippen LogP) is 1.96. The zero-order valence-electron chi connectivity index (χ0n) is 13.0. The summed E-state index contributed by atoms with van der Waals surface area (Å²) in [5, 5.41) is 0. The van der Waals surface area contributed by atoms with Crippen molar-refractivity contribution in [1.82, 2.24) is 0 Å². The molecule has 1 aliphatic heterocycles. The van der Waals surface area contributed by atoms with Gasteiger partial charge in [0.25, 0.3) is 0 Å². The smallest absolute Gasteiger partial charge is 0.334 e. The molecule has 0 N–H and O–H groups in total. The van der Waals surface area contributed by atoms with Crippen LogP contribution in [0.1, 0.15) is 33.6 Å². The van der Waals surface area contributed by atoms with Crippen LogP contribution in [-0.2, 0) is 23.9 Å². The molecule has 118 valence electrons. The molecule has 5 nitrogen and oxygen atoms in total. The van der Waals surface area contributed by atoms with Gasteiger partial charge in [0.15, 0.2) is 5.78 Å². The first-order valence-corrected chi connectivity index (χ1v) is 7.57. The molecule has 5 atom stereocenters. The SMILES string of the molecule is C=C1C(=O)O[C@@H]2[C@H]1CC[C@H](C)[C@]1(OC(C)=O)C=CC(=O)[C@@]21C. The van der Waals surface area contributed by atoms with Gasteiger partial charge in [0, 0.05) is 24.3 Å². The van der Waals surface area contributed by atoms with Crippen LogP contribution in [-0.4, -0.2) is 29.4 Å². The number of carbonyl (C=O) groups excluding carboxylic acids is 3. The lowest BCUT2D eigenvalue weighted by atomic mass is 9.64. The van der Waals surface area contributed by atoms with Crippen LogP contribution >= 0.6 is 0 Å². The van der Waals surface area contributed by atoms with E-state index in [4.69, 9.17) is 9.47 Å². The van der Waals surface area contributed by atoms with E-state index in [9.17, 15) is 14.4 Å². The summed E-state index contributed by atoms with van der Waals surface area (Å²) < 4.78 is 11.2. The van der Waals surface area contributed by atoms with Gasteiger partial charge in [-0.05, 0) is 31.9 Å². The van der Waals surface area contributed by atoms with Gasteiger partial charge in [0.1, 0.15) is 17.1 Å². The fourth-order valence-electron chi connectivity index (χ4n) is 4.35. The van der Waals surface area contributed by atoms with E-state index in [1.165, 1.54) is 13.0 Å². The second-order valence-electron chi connectivity index (χ2n) is 6.72. The van der Waals surface area contributed by atoms with Crippen molar-refractivity contribution >= 4 is 17.7 Å². The molecule has 0 amide bonds. The Morgan fingerprint density at radius 3 is 2.73 bits per heavy atom. The van der Waals surface area contributed by atoms with E-state index in [1.54, 1.807) is 13.0 Å². The van der Waals surface area contributed by atoms with Crippen LogP contribution in [0.2, 0.25) is 0 Å². The van der Waals surface area contributed by atoms with Crippen LogP contribution in [0.5, 0.6) is 0 Å². The molecule has 0 aromatic rings. The number of ether oxygens (including phenoxy) is 2. The number of hydrogen-bond donors (Lipinski definition) is 0. The number of carbonyl (C=O) groups is 3. The summed E-state index contributed by atoms with van der Waals surface area (Å²) in [6.07, 6.45) is 3.90. The van der Waals surface area contributed by atoms with Crippen molar-refractivity contribution in [2.24, 2.45) is 17.3 Å². The van der Waals surface area contributed by atoms with Crippen LogP contribution in [0.25, 0.3) is 0 Å². The molecule has 0 aromatic carbocycles. The van der Waals surface area contributed by atoms with Crippen LogP contribution < -0.4 is 0 Å². The molecule has 0 radical (unpaired) electrons. The normalized spacial score (nSPS) is 43.4. The second-order valence-corrected chi connectivity index (χ2v) is 6.72.